The molecule has 2 aromatic carbocycles. The number of rotatable bonds is 5. The van der Waals surface area contributed by atoms with Gasteiger partial charge in [-0.05, 0) is 50.6 Å². The van der Waals surface area contributed by atoms with Gasteiger partial charge in [0, 0.05) is 10.7 Å². The van der Waals surface area contributed by atoms with Gasteiger partial charge < -0.3 is 5.32 Å². The van der Waals surface area contributed by atoms with Crippen LogP contribution in [0.15, 0.2) is 47.4 Å². The second kappa shape index (κ2) is 7.34. The number of sulfonamides is 1. The molecule has 1 atom stereocenters. The van der Waals surface area contributed by atoms with Crippen molar-refractivity contribution in [2.45, 2.75) is 31.7 Å². The van der Waals surface area contributed by atoms with Crippen LogP contribution in [0.1, 0.15) is 18.1 Å². The average Bonchev–Trinajstić information content (AvgIpc) is 2.51. The fraction of sp³-hybridized carbons (Fsp3) is 0.235. The molecule has 0 aromatic heterocycles. The quantitative estimate of drug-likeness (QED) is 0.852. The fourth-order valence-electron chi connectivity index (χ4n) is 1.99. The zero-order valence-electron chi connectivity index (χ0n) is 13.6. The van der Waals surface area contributed by atoms with E-state index < -0.39 is 22.0 Å². The number of amides is 1. The van der Waals surface area contributed by atoms with Gasteiger partial charge in [-0.3, -0.25) is 4.79 Å². The van der Waals surface area contributed by atoms with Crippen molar-refractivity contribution in [1.82, 2.24) is 4.72 Å². The van der Waals surface area contributed by atoms with Crippen molar-refractivity contribution in [1.29, 1.82) is 0 Å². The summed E-state index contributed by atoms with van der Waals surface area (Å²) in [7, 11) is -3.77. The van der Waals surface area contributed by atoms with Crippen LogP contribution in [0.2, 0.25) is 5.02 Å². The fourth-order valence-corrected chi connectivity index (χ4v) is 3.38. The number of aryl methyl sites for hydroxylation is 2. The third kappa shape index (κ3) is 4.56. The molecular weight excluding hydrogens is 348 g/mol. The first-order chi connectivity index (χ1) is 11.2. The van der Waals surface area contributed by atoms with E-state index in [1.54, 1.807) is 30.3 Å². The maximum atomic E-state index is 12.3. The van der Waals surface area contributed by atoms with Crippen LogP contribution >= 0.6 is 11.6 Å². The van der Waals surface area contributed by atoms with Crippen molar-refractivity contribution in [2.24, 2.45) is 0 Å². The van der Waals surface area contributed by atoms with Crippen molar-refractivity contribution >= 4 is 33.2 Å². The summed E-state index contributed by atoms with van der Waals surface area (Å²) in [6.45, 7) is 5.20. The molecule has 0 aliphatic heterocycles. The molecule has 2 aromatic rings. The Kier molecular flexibility index (Phi) is 5.64. The van der Waals surface area contributed by atoms with Gasteiger partial charge in [0.15, 0.2) is 0 Å². The largest absolute Gasteiger partial charge is 0.325 e. The molecule has 7 heteroatoms. The summed E-state index contributed by atoms with van der Waals surface area (Å²) in [5, 5.41) is 3.17. The minimum atomic E-state index is -3.77. The summed E-state index contributed by atoms with van der Waals surface area (Å²) >= 11 is 6.01. The van der Waals surface area contributed by atoms with E-state index >= 15 is 0 Å². The standard InChI is InChI=1S/C17H19ClN2O3S/c1-11-4-8-15(9-5-11)24(22,23)20-13(3)17(21)19-14-7-6-12(2)16(18)10-14/h4-10,13,20H,1-3H3,(H,19,21)/t13-/m0/s1. The Balaban J connectivity index is 2.07. The van der Waals surface area contributed by atoms with Crippen LogP contribution in [0.25, 0.3) is 0 Å². The van der Waals surface area contributed by atoms with Gasteiger partial charge in [-0.1, -0.05) is 35.4 Å². The van der Waals surface area contributed by atoms with Gasteiger partial charge in [-0.2, -0.15) is 4.72 Å². The van der Waals surface area contributed by atoms with E-state index in [0.717, 1.165) is 11.1 Å². The van der Waals surface area contributed by atoms with Crippen molar-refractivity contribution < 1.29 is 13.2 Å². The Bertz CT molecular complexity index is 849. The lowest BCUT2D eigenvalue weighted by Crippen LogP contribution is -2.41. The van der Waals surface area contributed by atoms with Gasteiger partial charge in [0.1, 0.15) is 0 Å². The third-order valence-electron chi connectivity index (χ3n) is 3.50. The molecule has 5 nitrogen and oxygen atoms in total. The van der Waals surface area contributed by atoms with Crippen LogP contribution in [0, 0.1) is 13.8 Å². The molecule has 2 rings (SSSR count). The molecular formula is C17H19ClN2O3S. The highest BCUT2D eigenvalue weighted by molar-refractivity contribution is 7.89. The highest BCUT2D eigenvalue weighted by Gasteiger charge is 2.22. The van der Waals surface area contributed by atoms with E-state index in [1.165, 1.54) is 19.1 Å². The summed E-state index contributed by atoms with van der Waals surface area (Å²) in [5.74, 6) is -0.467. The molecule has 2 N–H and O–H groups in total. The second-order valence-electron chi connectivity index (χ2n) is 5.61. The maximum Gasteiger partial charge on any atom is 0.242 e. The first-order valence-corrected chi connectivity index (χ1v) is 9.21. The zero-order chi connectivity index (χ0) is 17.9. The lowest BCUT2D eigenvalue weighted by Gasteiger charge is -2.15. The lowest BCUT2D eigenvalue weighted by molar-refractivity contribution is -0.117. The van der Waals surface area contributed by atoms with Gasteiger partial charge in [-0.25, -0.2) is 8.42 Å². The Morgan fingerprint density at radius 2 is 1.71 bits per heavy atom. The normalized spacial score (nSPS) is 12.7. The van der Waals surface area contributed by atoms with E-state index in [-0.39, 0.29) is 4.90 Å². The summed E-state index contributed by atoms with van der Waals surface area (Å²) in [4.78, 5) is 12.3. The number of carbonyl (C=O) groups is 1. The molecule has 128 valence electrons. The van der Waals surface area contributed by atoms with Gasteiger partial charge in [0.05, 0.1) is 10.9 Å². The van der Waals surface area contributed by atoms with Gasteiger partial charge >= 0.3 is 0 Å². The molecule has 0 heterocycles. The summed E-state index contributed by atoms with van der Waals surface area (Å²) in [5.41, 5.74) is 2.36. The number of hydrogen-bond donors (Lipinski definition) is 2. The zero-order valence-corrected chi connectivity index (χ0v) is 15.2. The van der Waals surface area contributed by atoms with Crippen molar-refractivity contribution in [2.75, 3.05) is 5.32 Å². The smallest absolute Gasteiger partial charge is 0.242 e. The lowest BCUT2D eigenvalue weighted by atomic mass is 10.2. The summed E-state index contributed by atoms with van der Waals surface area (Å²) in [6, 6.07) is 10.6. The topological polar surface area (TPSA) is 75.3 Å². The molecule has 0 aliphatic carbocycles. The van der Waals surface area contributed by atoms with E-state index in [4.69, 9.17) is 11.6 Å². The second-order valence-corrected chi connectivity index (χ2v) is 7.73. The minimum absolute atomic E-state index is 0.117. The minimum Gasteiger partial charge on any atom is -0.325 e. The molecule has 0 saturated heterocycles. The van der Waals surface area contributed by atoms with Crippen LogP contribution in [0.5, 0.6) is 0 Å². The van der Waals surface area contributed by atoms with E-state index in [1.807, 2.05) is 13.8 Å². The van der Waals surface area contributed by atoms with Crippen LogP contribution < -0.4 is 10.0 Å². The monoisotopic (exact) mass is 366 g/mol. The predicted octanol–water partition coefficient (Wildman–Crippen LogP) is 3.26. The maximum absolute atomic E-state index is 12.3. The Morgan fingerprint density at radius 3 is 2.29 bits per heavy atom. The Hall–Kier alpha value is -1.89. The number of halogens is 1. The van der Waals surface area contributed by atoms with Crippen LogP contribution in [0.4, 0.5) is 5.69 Å². The predicted molar refractivity (Wildman–Crippen MR) is 95.8 cm³/mol. The summed E-state index contributed by atoms with van der Waals surface area (Å²) < 4.78 is 27.0. The van der Waals surface area contributed by atoms with Crippen molar-refractivity contribution in [3.63, 3.8) is 0 Å². The highest BCUT2D eigenvalue weighted by atomic mass is 35.5. The SMILES string of the molecule is Cc1ccc(S(=O)(=O)N[C@@H](C)C(=O)Nc2ccc(C)c(Cl)c2)cc1. The average molecular weight is 367 g/mol. The number of benzene rings is 2. The van der Waals surface area contributed by atoms with Crippen molar-refractivity contribution in [3.05, 3.63) is 58.6 Å². The summed E-state index contributed by atoms with van der Waals surface area (Å²) in [6.07, 6.45) is 0. The third-order valence-corrected chi connectivity index (χ3v) is 5.46. The number of nitrogens with one attached hydrogen (secondary N) is 2. The molecule has 1 amide bonds. The Labute approximate surface area is 147 Å². The molecule has 0 radical (unpaired) electrons. The highest BCUT2D eigenvalue weighted by Crippen LogP contribution is 2.20. The van der Waals surface area contributed by atoms with Gasteiger partial charge in [-0.15, -0.1) is 0 Å². The molecule has 0 saturated carbocycles. The molecule has 0 fully saturated rings. The van der Waals surface area contributed by atoms with Crippen LogP contribution in [0.3, 0.4) is 0 Å². The number of hydrogen-bond acceptors (Lipinski definition) is 3. The van der Waals surface area contributed by atoms with Gasteiger partial charge in [0.25, 0.3) is 0 Å². The molecule has 0 spiro atoms. The molecule has 0 bridgehead atoms. The molecule has 0 unspecified atom stereocenters. The van der Waals surface area contributed by atoms with Gasteiger partial charge in [0.2, 0.25) is 15.9 Å². The van der Waals surface area contributed by atoms with Crippen LogP contribution in [-0.4, -0.2) is 20.4 Å². The van der Waals surface area contributed by atoms with Crippen LogP contribution in [-0.2, 0) is 14.8 Å². The van der Waals surface area contributed by atoms with E-state index in [9.17, 15) is 13.2 Å². The number of anilines is 1. The molecule has 24 heavy (non-hydrogen) atoms. The van der Waals surface area contributed by atoms with Crippen molar-refractivity contribution in [3.8, 4) is 0 Å². The Morgan fingerprint density at radius 1 is 1.08 bits per heavy atom. The first kappa shape index (κ1) is 18.4. The molecule has 0 aliphatic rings. The van der Waals surface area contributed by atoms with E-state index in [2.05, 4.69) is 10.0 Å². The number of carbonyl (C=O) groups excluding carboxylic acids is 1. The van der Waals surface area contributed by atoms with E-state index in [0.29, 0.717) is 10.7 Å². The first-order valence-electron chi connectivity index (χ1n) is 7.35.